The maximum atomic E-state index is 11.2. The highest BCUT2D eigenvalue weighted by Crippen LogP contribution is 2.27. The molecule has 0 fully saturated rings. The third-order valence-corrected chi connectivity index (χ3v) is 2.95. The molecule has 0 amide bonds. The zero-order valence-corrected chi connectivity index (χ0v) is 11.2. The fourth-order valence-corrected chi connectivity index (χ4v) is 2.03. The highest BCUT2D eigenvalue weighted by molar-refractivity contribution is 5.87. The largest absolute Gasteiger partial charge is 0.492 e. The molecule has 0 saturated heterocycles. The molecule has 0 bridgehead atoms. The van der Waals surface area contributed by atoms with Crippen LogP contribution < -0.4 is 4.74 Å². The van der Waals surface area contributed by atoms with Crippen LogP contribution >= 0.6 is 0 Å². The molecule has 0 aliphatic heterocycles. The van der Waals surface area contributed by atoms with Gasteiger partial charge in [0.1, 0.15) is 11.3 Å². The van der Waals surface area contributed by atoms with E-state index in [-0.39, 0.29) is 5.97 Å². The Morgan fingerprint density at radius 1 is 1.32 bits per heavy atom. The van der Waals surface area contributed by atoms with Gasteiger partial charge in [0.15, 0.2) is 0 Å². The lowest BCUT2D eigenvalue weighted by Crippen LogP contribution is -2.03. The van der Waals surface area contributed by atoms with Gasteiger partial charge in [0.2, 0.25) is 0 Å². The molecule has 0 saturated carbocycles. The van der Waals surface area contributed by atoms with E-state index in [0.717, 1.165) is 22.2 Å². The summed E-state index contributed by atoms with van der Waals surface area (Å²) in [6.45, 7) is 2.55. The number of nitrogens with zero attached hydrogens (tertiary/aromatic N) is 1. The number of hydrogen-bond acceptors (Lipinski definition) is 4. The molecule has 0 N–H and O–H groups in total. The Balaban J connectivity index is 2.35. The number of carbonyl (C=O) groups is 1. The first-order valence-electron chi connectivity index (χ1n) is 6.32. The van der Waals surface area contributed by atoms with Crippen LogP contribution in [0.2, 0.25) is 0 Å². The molecular formula is C15H17NO3. The van der Waals surface area contributed by atoms with Crippen LogP contribution in [0.15, 0.2) is 30.5 Å². The molecule has 19 heavy (non-hydrogen) atoms. The number of fused-ring (bicyclic) bond motifs is 1. The number of pyridine rings is 1. The number of benzene rings is 1. The lowest BCUT2D eigenvalue weighted by Gasteiger charge is -2.10. The summed E-state index contributed by atoms with van der Waals surface area (Å²) in [6.07, 6.45) is 2.75. The van der Waals surface area contributed by atoms with Crippen molar-refractivity contribution >= 4 is 16.9 Å². The first kappa shape index (κ1) is 13.3. The summed E-state index contributed by atoms with van der Waals surface area (Å²) in [6, 6.07) is 7.78. The highest BCUT2D eigenvalue weighted by atomic mass is 16.5. The fourth-order valence-electron chi connectivity index (χ4n) is 2.03. The molecule has 0 spiro atoms. The Bertz CT molecular complexity index is 581. The number of methoxy groups -OCH3 is 1. The van der Waals surface area contributed by atoms with E-state index in [4.69, 9.17) is 4.74 Å². The summed E-state index contributed by atoms with van der Waals surface area (Å²) in [5.41, 5.74) is 1.92. The quantitative estimate of drug-likeness (QED) is 0.775. The Kier molecular flexibility index (Phi) is 4.34. The Morgan fingerprint density at radius 3 is 2.89 bits per heavy atom. The Labute approximate surface area is 112 Å². The molecule has 100 valence electrons. The number of aromatic nitrogens is 1. The van der Waals surface area contributed by atoms with Crippen molar-refractivity contribution in [2.75, 3.05) is 13.7 Å². The molecule has 0 aliphatic carbocycles. The third-order valence-electron chi connectivity index (χ3n) is 2.95. The molecule has 1 aromatic carbocycles. The Morgan fingerprint density at radius 2 is 2.16 bits per heavy atom. The number of hydrogen-bond donors (Lipinski definition) is 0. The summed E-state index contributed by atoms with van der Waals surface area (Å²) < 4.78 is 10.2. The summed E-state index contributed by atoms with van der Waals surface area (Å²) in [5.74, 6) is 0.575. The summed E-state index contributed by atoms with van der Waals surface area (Å²) in [7, 11) is 1.40. The number of esters is 1. The van der Waals surface area contributed by atoms with Gasteiger partial charge in [-0.05, 0) is 31.0 Å². The molecule has 4 heteroatoms. The maximum Gasteiger partial charge on any atom is 0.305 e. The van der Waals surface area contributed by atoms with Crippen molar-refractivity contribution in [2.24, 2.45) is 0 Å². The van der Waals surface area contributed by atoms with E-state index in [9.17, 15) is 4.79 Å². The average molecular weight is 259 g/mol. The normalized spacial score (nSPS) is 10.4. The van der Waals surface area contributed by atoms with Crippen LogP contribution in [0.5, 0.6) is 5.75 Å². The van der Waals surface area contributed by atoms with Crippen molar-refractivity contribution in [1.82, 2.24) is 4.98 Å². The minimum Gasteiger partial charge on any atom is -0.492 e. The molecule has 0 radical (unpaired) electrons. The van der Waals surface area contributed by atoms with E-state index in [2.05, 4.69) is 9.72 Å². The second-order valence-corrected chi connectivity index (χ2v) is 4.13. The van der Waals surface area contributed by atoms with Crippen molar-refractivity contribution in [3.63, 3.8) is 0 Å². The summed E-state index contributed by atoms with van der Waals surface area (Å²) in [4.78, 5) is 15.6. The van der Waals surface area contributed by atoms with Gasteiger partial charge in [0, 0.05) is 18.0 Å². The molecule has 1 heterocycles. The van der Waals surface area contributed by atoms with Crippen molar-refractivity contribution in [3.05, 3.63) is 36.0 Å². The van der Waals surface area contributed by atoms with Gasteiger partial charge >= 0.3 is 5.97 Å². The first-order chi connectivity index (χ1) is 9.26. The molecule has 4 nitrogen and oxygen atoms in total. The standard InChI is InChI=1S/C15H17NO3/c1-3-19-13-8-6-11(7-9-14(17)18-2)12-5-4-10-16-15(12)13/h4-6,8,10H,3,7,9H2,1-2H3. The molecule has 0 unspecified atom stereocenters. The first-order valence-corrected chi connectivity index (χ1v) is 6.32. The number of carbonyl (C=O) groups excluding carboxylic acids is 1. The SMILES string of the molecule is CCOc1ccc(CCC(=O)OC)c2cccnc12. The molecule has 1 aromatic heterocycles. The van der Waals surface area contributed by atoms with Crippen molar-refractivity contribution < 1.29 is 14.3 Å². The van der Waals surface area contributed by atoms with Crippen LogP contribution in [0.25, 0.3) is 10.9 Å². The van der Waals surface area contributed by atoms with E-state index >= 15 is 0 Å². The van der Waals surface area contributed by atoms with Crippen LogP contribution in [0, 0.1) is 0 Å². The van der Waals surface area contributed by atoms with E-state index < -0.39 is 0 Å². The summed E-state index contributed by atoms with van der Waals surface area (Å²) >= 11 is 0. The van der Waals surface area contributed by atoms with Crippen molar-refractivity contribution in [3.8, 4) is 5.75 Å². The predicted octanol–water partition coefficient (Wildman–Crippen LogP) is 2.74. The Hall–Kier alpha value is -2.10. The molecule has 2 rings (SSSR count). The van der Waals surface area contributed by atoms with E-state index in [1.807, 2.05) is 31.2 Å². The second-order valence-electron chi connectivity index (χ2n) is 4.13. The van der Waals surface area contributed by atoms with E-state index in [0.29, 0.717) is 19.4 Å². The zero-order chi connectivity index (χ0) is 13.7. The lowest BCUT2D eigenvalue weighted by molar-refractivity contribution is -0.140. The minimum atomic E-state index is -0.203. The topological polar surface area (TPSA) is 48.4 Å². The minimum absolute atomic E-state index is 0.203. The number of rotatable bonds is 5. The van der Waals surface area contributed by atoms with Crippen molar-refractivity contribution in [1.29, 1.82) is 0 Å². The number of ether oxygens (including phenoxy) is 2. The van der Waals surface area contributed by atoms with Gasteiger partial charge < -0.3 is 9.47 Å². The average Bonchev–Trinajstić information content (AvgIpc) is 2.46. The van der Waals surface area contributed by atoms with Crippen LogP contribution in [-0.2, 0) is 16.0 Å². The van der Waals surface area contributed by atoms with Gasteiger partial charge in [-0.25, -0.2) is 0 Å². The maximum absolute atomic E-state index is 11.2. The van der Waals surface area contributed by atoms with Crippen molar-refractivity contribution in [2.45, 2.75) is 19.8 Å². The van der Waals surface area contributed by atoms with Gasteiger partial charge in [0.25, 0.3) is 0 Å². The highest BCUT2D eigenvalue weighted by Gasteiger charge is 2.09. The zero-order valence-electron chi connectivity index (χ0n) is 11.2. The van der Waals surface area contributed by atoms with Crippen LogP contribution in [-0.4, -0.2) is 24.7 Å². The molecule has 2 aromatic rings. The smallest absolute Gasteiger partial charge is 0.305 e. The van der Waals surface area contributed by atoms with Gasteiger partial charge in [-0.2, -0.15) is 0 Å². The fraction of sp³-hybridized carbons (Fsp3) is 0.333. The second kappa shape index (κ2) is 6.18. The number of aryl methyl sites for hydroxylation is 1. The van der Waals surface area contributed by atoms with Gasteiger partial charge in [0.05, 0.1) is 13.7 Å². The molecule has 0 aliphatic rings. The predicted molar refractivity (Wildman–Crippen MR) is 73.2 cm³/mol. The van der Waals surface area contributed by atoms with E-state index in [1.54, 1.807) is 6.20 Å². The van der Waals surface area contributed by atoms with Gasteiger partial charge in [-0.15, -0.1) is 0 Å². The summed E-state index contributed by atoms with van der Waals surface area (Å²) in [5, 5.41) is 1.03. The van der Waals surface area contributed by atoms with Crippen LogP contribution in [0.3, 0.4) is 0 Å². The molecular weight excluding hydrogens is 242 g/mol. The molecule has 0 atom stereocenters. The third kappa shape index (κ3) is 3.02. The van der Waals surface area contributed by atoms with Gasteiger partial charge in [-0.3, -0.25) is 9.78 Å². The van der Waals surface area contributed by atoms with Crippen LogP contribution in [0.4, 0.5) is 0 Å². The lowest BCUT2D eigenvalue weighted by atomic mass is 10.0. The van der Waals surface area contributed by atoms with Gasteiger partial charge in [-0.1, -0.05) is 12.1 Å². The van der Waals surface area contributed by atoms with E-state index in [1.165, 1.54) is 7.11 Å². The van der Waals surface area contributed by atoms with Crippen LogP contribution in [0.1, 0.15) is 18.9 Å². The monoisotopic (exact) mass is 259 g/mol.